The smallest absolute Gasteiger partial charge is 0.225 e. The summed E-state index contributed by atoms with van der Waals surface area (Å²) in [5, 5.41) is 6.55. The van der Waals surface area contributed by atoms with E-state index in [0.29, 0.717) is 18.3 Å². The number of nitrogens with zero attached hydrogens (tertiary/aromatic N) is 2. The van der Waals surface area contributed by atoms with E-state index < -0.39 is 0 Å². The maximum absolute atomic E-state index is 5.37. The molecule has 0 aliphatic carbocycles. The van der Waals surface area contributed by atoms with Crippen LogP contribution >= 0.6 is 0 Å². The van der Waals surface area contributed by atoms with Gasteiger partial charge in [-0.2, -0.15) is 4.98 Å². The van der Waals surface area contributed by atoms with Crippen molar-refractivity contribution >= 4 is 17.5 Å². The van der Waals surface area contributed by atoms with Crippen molar-refractivity contribution in [2.45, 2.75) is 6.54 Å². The first kappa shape index (κ1) is 17.6. The number of ether oxygens (including phenoxy) is 1. The van der Waals surface area contributed by atoms with Gasteiger partial charge in [0.25, 0.3) is 0 Å². The van der Waals surface area contributed by atoms with E-state index in [1.54, 1.807) is 13.4 Å². The molecule has 2 aromatic carbocycles. The average molecular weight is 372 g/mol. The van der Waals surface area contributed by atoms with Gasteiger partial charge in [-0.05, 0) is 36.4 Å². The molecule has 2 aromatic heterocycles. The molecule has 4 aromatic rings. The molecule has 0 saturated carbocycles. The lowest BCUT2D eigenvalue weighted by Crippen LogP contribution is -2.06. The Morgan fingerprint density at radius 1 is 0.929 bits per heavy atom. The first-order chi connectivity index (χ1) is 13.8. The number of nitrogens with one attached hydrogen (secondary N) is 2. The summed E-state index contributed by atoms with van der Waals surface area (Å²) in [7, 11) is 1.65. The maximum atomic E-state index is 5.37. The van der Waals surface area contributed by atoms with Crippen molar-refractivity contribution < 1.29 is 9.15 Å². The number of methoxy groups -OCH3 is 1. The van der Waals surface area contributed by atoms with E-state index in [9.17, 15) is 0 Å². The van der Waals surface area contributed by atoms with E-state index in [2.05, 4.69) is 20.6 Å². The van der Waals surface area contributed by atoms with Crippen LogP contribution < -0.4 is 15.4 Å². The lowest BCUT2D eigenvalue weighted by Gasteiger charge is -2.11. The van der Waals surface area contributed by atoms with Crippen LogP contribution in [0.5, 0.6) is 5.75 Å². The number of furan rings is 1. The lowest BCUT2D eigenvalue weighted by molar-refractivity contribution is 0.415. The normalized spacial score (nSPS) is 10.5. The number of hydrogen-bond acceptors (Lipinski definition) is 6. The highest BCUT2D eigenvalue weighted by Crippen LogP contribution is 2.24. The third-order valence-corrected chi connectivity index (χ3v) is 4.16. The summed E-state index contributed by atoms with van der Waals surface area (Å²) < 4.78 is 10.6. The van der Waals surface area contributed by atoms with Crippen LogP contribution in [0.2, 0.25) is 0 Å². The molecule has 0 aliphatic heterocycles. The van der Waals surface area contributed by atoms with Crippen LogP contribution in [0.3, 0.4) is 0 Å². The molecule has 140 valence electrons. The molecule has 2 N–H and O–H groups in total. The van der Waals surface area contributed by atoms with Crippen LogP contribution in [0.1, 0.15) is 5.76 Å². The molecule has 2 heterocycles. The molecular formula is C22H20N4O2. The Morgan fingerprint density at radius 2 is 1.75 bits per heavy atom. The van der Waals surface area contributed by atoms with Crippen LogP contribution in [0.4, 0.5) is 17.5 Å². The maximum Gasteiger partial charge on any atom is 0.225 e. The van der Waals surface area contributed by atoms with Gasteiger partial charge in [0.05, 0.1) is 25.6 Å². The lowest BCUT2D eigenvalue weighted by atomic mass is 10.1. The summed E-state index contributed by atoms with van der Waals surface area (Å²) in [5.74, 6) is 2.84. The number of hydrogen-bond donors (Lipinski definition) is 2. The Bertz CT molecular complexity index is 1020. The molecule has 6 nitrogen and oxygen atoms in total. The Labute approximate surface area is 163 Å². The minimum atomic E-state index is 0.507. The standard InChI is InChI=1S/C22H20N4O2/c1-27-18-11-9-17(10-12-18)24-21-14-20(16-6-3-2-4-7-16)25-22(26-21)23-15-19-8-5-13-28-19/h2-14H,15H2,1H3,(H2,23,24,25,26). The number of aromatic nitrogens is 2. The third-order valence-electron chi connectivity index (χ3n) is 4.16. The highest BCUT2D eigenvalue weighted by Gasteiger charge is 2.08. The molecule has 0 fully saturated rings. The molecule has 0 atom stereocenters. The fourth-order valence-corrected chi connectivity index (χ4v) is 2.75. The summed E-state index contributed by atoms with van der Waals surface area (Å²) in [5.41, 5.74) is 2.76. The second-order valence-corrected chi connectivity index (χ2v) is 6.11. The third kappa shape index (κ3) is 4.29. The van der Waals surface area contributed by atoms with Gasteiger partial charge in [0.2, 0.25) is 5.95 Å². The zero-order chi connectivity index (χ0) is 19.2. The Balaban J connectivity index is 1.62. The molecular weight excluding hydrogens is 352 g/mol. The predicted molar refractivity (Wildman–Crippen MR) is 110 cm³/mol. The molecule has 0 spiro atoms. The Hall–Kier alpha value is -3.80. The highest BCUT2D eigenvalue weighted by molar-refractivity contribution is 5.67. The first-order valence-corrected chi connectivity index (χ1v) is 8.92. The first-order valence-electron chi connectivity index (χ1n) is 8.92. The van der Waals surface area contributed by atoms with Crippen LogP contribution in [-0.2, 0) is 6.54 Å². The van der Waals surface area contributed by atoms with Crippen LogP contribution in [0, 0.1) is 0 Å². The van der Waals surface area contributed by atoms with Crippen molar-refractivity contribution in [1.82, 2.24) is 9.97 Å². The zero-order valence-corrected chi connectivity index (χ0v) is 15.4. The van der Waals surface area contributed by atoms with Crippen molar-refractivity contribution in [1.29, 1.82) is 0 Å². The monoisotopic (exact) mass is 372 g/mol. The van der Waals surface area contributed by atoms with Crippen molar-refractivity contribution in [3.8, 4) is 17.0 Å². The van der Waals surface area contributed by atoms with Gasteiger partial charge in [-0.25, -0.2) is 4.98 Å². The van der Waals surface area contributed by atoms with Crippen molar-refractivity contribution in [2.75, 3.05) is 17.7 Å². The van der Waals surface area contributed by atoms with Gasteiger partial charge in [-0.3, -0.25) is 0 Å². The molecule has 0 bridgehead atoms. The van der Waals surface area contributed by atoms with Crippen molar-refractivity contribution in [2.24, 2.45) is 0 Å². The molecule has 0 saturated heterocycles. The fourth-order valence-electron chi connectivity index (χ4n) is 2.75. The molecule has 6 heteroatoms. The molecule has 4 rings (SSSR count). The van der Waals surface area contributed by atoms with Crippen LogP contribution in [-0.4, -0.2) is 17.1 Å². The Kier molecular flexibility index (Phi) is 5.20. The topological polar surface area (TPSA) is 72.2 Å². The summed E-state index contributed by atoms with van der Waals surface area (Å²) in [6.07, 6.45) is 1.65. The van der Waals surface area contributed by atoms with E-state index in [1.165, 1.54) is 0 Å². The fraction of sp³-hybridized carbons (Fsp3) is 0.0909. The van der Waals surface area contributed by atoms with Gasteiger partial charge in [0.1, 0.15) is 17.3 Å². The molecule has 0 amide bonds. The van der Waals surface area contributed by atoms with E-state index in [1.807, 2.05) is 72.8 Å². The molecule has 0 aliphatic rings. The number of anilines is 3. The van der Waals surface area contributed by atoms with Crippen molar-refractivity contribution in [3.05, 3.63) is 84.8 Å². The zero-order valence-electron chi connectivity index (χ0n) is 15.4. The van der Waals surface area contributed by atoms with Gasteiger partial charge < -0.3 is 19.8 Å². The second kappa shape index (κ2) is 8.26. The van der Waals surface area contributed by atoms with Gasteiger partial charge in [0, 0.05) is 17.3 Å². The largest absolute Gasteiger partial charge is 0.497 e. The van der Waals surface area contributed by atoms with Gasteiger partial charge in [0.15, 0.2) is 0 Å². The van der Waals surface area contributed by atoms with E-state index in [0.717, 1.165) is 28.5 Å². The van der Waals surface area contributed by atoms with Crippen LogP contribution in [0.25, 0.3) is 11.3 Å². The molecule has 0 radical (unpaired) electrons. The van der Waals surface area contributed by atoms with E-state index >= 15 is 0 Å². The minimum absolute atomic E-state index is 0.507. The summed E-state index contributed by atoms with van der Waals surface area (Å²) >= 11 is 0. The molecule has 0 unspecified atom stereocenters. The second-order valence-electron chi connectivity index (χ2n) is 6.11. The summed E-state index contributed by atoms with van der Waals surface area (Å²) in [4.78, 5) is 9.24. The van der Waals surface area contributed by atoms with E-state index in [-0.39, 0.29) is 0 Å². The number of rotatable bonds is 7. The SMILES string of the molecule is COc1ccc(Nc2cc(-c3ccccc3)nc(NCc3ccco3)n2)cc1. The van der Waals surface area contributed by atoms with Gasteiger partial charge in [-0.1, -0.05) is 30.3 Å². The molecule has 28 heavy (non-hydrogen) atoms. The Morgan fingerprint density at radius 3 is 2.46 bits per heavy atom. The summed E-state index contributed by atoms with van der Waals surface area (Å²) in [6.45, 7) is 0.507. The number of benzene rings is 2. The quantitative estimate of drug-likeness (QED) is 0.470. The van der Waals surface area contributed by atoms with Crippen LogP contribution in [0.15, 0.2) is 83.5 Å². The minimum Gasteiger partial charge on any atom is -0.497 e. The van der Waals surface area contributed by atoms with Crippen molar-refractivity contribution in [3.63, 3.8) is 0 Å². The highest BCUT2D eigenvalue weighted by atomic mass is 16.5. The summed E-state index contributed by atoms with van der Waals surface area (Å²) in [6, 6.07) is 23.4. The average Bonchev–Trinajstić information content (AvgIpc) is 3.27. The van der Waals surface area contributed by atoms with Gasteiger partial charge >= 0.3 is 0 Å². The van der Waals surface area contributed by atoms with E-state index in [4.69, 9.17) is 9.15 Å². The predicted octanol–water partition coefficient (Wildman–Crippen LogP) is 5.10. The van der Waals surface area contributed by atoms with Gasteiger partial charge in [-0.15, -0.1) is 0 Å².